The van der Waals surface area contributed by atoms with Crippen LogP contribution >= 0.6 is 11.3 Å². The van der Waals surface area contributed by atoms with Gasteiger partial charge in [-0.05, 0) is 26.7 Å². The van der Waals surface area contributed by atoms with E-state index in [9.17, 15) is 0 Å². The van der Waals surface area contributed by atoms with Gasteiger partial charge in [-0.2, -0.15) is 0 Å². The van der Waals surface area contributed by atoms with Crippen LogP contribution in [-0.2, 0) is 11.8 Å². The average molecular weight is 254 g/mol. The SMILES string of the molecule is CCCC(C)(C)c1sc(C)c(CC)c1OCC. The van der Waals surface area contributed by atoms with Crippen LogP contribution in [0, 0.1) is 6.92 Å². The summed E-state index contributed by atoms with van der Waals surface area (Å²) >= 11 is 1.93. The minimum absolute atomic E-state index is 0.238. The number of hydrogen-bond acceptors (Lipinski definition) is 2. The molecule has 0 bridgehead atoms. The maximum absolute atomic E-state index is 5.92. The zero-order chi connectivity index (χ0) is 13.1. The van der Waals surface area contributed by atoms with Crippen molar-refractivity contribution in [2.75, 3.05) is 6.61 Å². The second-order valence-electron chi connectivity index (χ2n) is 5.22. The lowest BCUT2D eigenvalue weighted by molar-refractivity contribution is 0.325. The van der Waals surface area contributed by atoms with Crippen LogP contribution in [0.25, 0.3) is 0 Å². The normalized spacial score (nSPS) is 11.9. The van der Waals surface area contributed by atoms with Crippen LogP contribution in [0.5, 0.6) is 5.75 Å². The van der Waals surface area contributed by atoms with E-state index in [0.717, 1.165) is 13.0 Å². The van der Waals surface area contributed by atoms with E-state index in [2.05, 4.69) is 41.5 Å². The van der Waals surface area contributed by atoms with Crippen molar-refractivity contribution in [3.05, 3.63) is 15.3 Å². The van der Waals surface area contributed by atoms with Crippen LogP contribution in [0.2, 0.25) is 0 Å². The zero-order valence-electron chi connectivity index (χ0n) is 12.1. The van der Waals surface area contributed by atoms with Crippen molar-refractivity contribution in [1.29, 1.82) is 0 Å². The molecule has 1 aromatic rings. The maximum Gasteiger partial charge on any atom is 0.137 e. The third kappa shape index (κ3) is 3.04. The average Bonchev–Trinajstić information content (AvgIpc) is 2.56. The van der Waals surface area contributed by atoms with Crippen LogP contribution in [0.1, 0.15) is 62.8 Å². The number of hydrogen-bond donors (Lipinski definition) is 0. The Morgan fingerprint density at radius 2 is 1.82 bits per heavy atom. The van der Waals surface area contributed by atoms with E-state index in [1.165, 1.54) is 33.9 Å². The van der Waals surface area contributed by atoms with E-state index in [0.29, 0.717) is 0 Å². The molecule has 0 aromatic carbocycles. The molecule has 0 saturated carbocycles. The van der Waals surface area contributed by atoms with Gasteiger partial charge in [-0.25, -0.2) is 0 Å². The first kappa shape index (κ1) is 14.6. The maximum atomic E-state index is 5.92. The molecule has 1 nitrogen and oxygen atoms in total. The highest BCUT2D eigenvalue weighted by Crippen LogP contribution is 2.44. The van der Waals surface area contributed by atoms with E-state index in [-0.39, 0.29) is 5.41 Å². The second-order valence-corrected chi connectivity index (χ2v) is 6.44. The second kappa shape index (κ2) is 5.90. The summed E-state index contributed by atoms with van der Waals surface area (Å²) in [5.41, 5.74) is 1.65. The predicted octanol–water partition coefficient (Wildman–Crippen LogP) is 5.10. The molecule has 0 aliphatic carbocycles. The first-order valence-electron chi connectivity index (χ1n) is 6.73. The fourth-order valence-corrected chi connectivity index (χ4v) is 3.77. The monoisotopic (exact) mass is 254 g/mol. The van der Waals surface area contributed by atoms with Gasteiger partial charge < -0.3 is 4.74 Å². The van der Waals surface area contributed by atoms with E-state index < -0.39 is 0 Å². The first-order chi connectivity index (χ1) is 7.97. The third-order valence-corrected chi connectivity index (χ3v) is 4.79. The zero-order valence-corrected chi connectivity index (χ0v) is 13.0. The fourth-order valence-electron chi connectivity index (χ4n) is 2.45. The molecule has 98 valence electrons. The number of ether oxygens (including phenoxy) is 1. The number of aryl methyl sites for hydroxylation is 1. The van der Waals surface area contributed by atoms with Gasteiger partial charge in [0, 0.05) is 15.9 Å². The molecule has 1 aromatic heterocycles. The summed E-state index contributed by atoms with van der Waals surface area (Å²) in [5.74, 6) is 1.18. The van der Waals surface area contributed by atoms with Gasteiger partial charge in [-0.1, -0.05) is 34.1 Å². The van der Waals surface area contributed by atoms with Gasteiger partial charge in [0.1, 0.15) is 5.75 Å². The minimum atomic E-state index is 0.238. The molecule has 0 fully saturated rings. The minimum Gasteiger partial charge on any atom is -0.492 e. The van der Waals surface area contributed by atoms with E-state index >= 15 is 0 Å². The third-order valence-electron chi connectivity index (χ3n) is 3.29. The molecule has 0 unspecified atom stereocenters. The molecule has 1 heterocycles. The first-order valence-corrected chi connectivity index (χ1v) is 7.55. The summed E-state index contributed by atoms with van der Waals surface area (Å²) in [4.78, 5) is 2.87. The van der Waals surface area contributed by atoms with Gasteiger partial charge in [-0.15, -0.1) is 11.3 Å². The largest absolute Gasteiger partial charge is 0.492 e. The molecular formula is C15H26OS. The Labute approximate surface area is 110 Å². The highest BCUT2D eigenvalue weighted by Gasteiger charge is 2.28. The van der Waals surface area contributed by atoms with Crippen LogP contribution < -0.4 is 4.74 Å². The summed E-state index contributed by atoms with van der Waals surface area (Å²) in [5, 5.41) is 0. The predicted molar refractivity (Wildman–Crippen MR) is 77.5 cm³/mol. The van der Waals surface area contributed by atoms with Crippen LogP contribution in [0.3, 0.4) is 0 Å². The lowest BCUT2D eigenvalue weighted by Crippen LogP contribution is -2.16. The standard InChI is InChI=1S/C15H26OS/c1-7-10-15(5,6)14-13(16-9-3)12(8-2)11(4)17-14/h7-10H2,1-6H3. The summed E-state index contributed by atoms with van der Waals surface area (Å²) < 4.78 is 5.92. The van der Waals surface area contributed by atoms with E-state index in [1.807, 2.05) is 11.3 Å². The Kier molecular flexibility index (Phi) is 5.05. The van der Waals surface area contributed by atoms with Crippen molar-refractivity contribution in [2.45, 2.75) is 66.2 Å². The molecule has 0 amide bonds. The van der Waals surface area contributed by atoms with Crippen LogP contribution in [0.4, 0.5) is 0 Å². The van der Waals surface area contributed by atoms with Crippen molar-refractivity contribution in [3.63, 3.8) is 0 Å². The van der Waals surface area contributed by atoms with Gasteiger partial charge in [0.05, 0.1) is 11.5 Å². The Bertz CT molecular complexity index is 363. The summed E-state index contributed by atoms with van der Waals surface area (Å²) in [6, 6.07) is 0. The Morgan fingerprint density at radius 3 is 2.29 bits per heavy atom. The van der Waals surface area contributed by atoms with Crippen molar-refractivity contribution < 1.29 is 4.74 Å². The van der Waals surface area contributed by atoms with Gasteiger partial charge in [0.15, 0.2) is 0 Å². The van der Waals surface area contributed by atoms with Crippen LogP contribution in [-0.4, -0.2) is 6.61 Å². The van der Waals surface area contributed by atoms with E-state index in [4.69, 9.17) is 4.74 Å². The molecule has 0 aliphatic rings. The Hall–Kier alpha value is -0.500. The molecule has 0 N–H and O–H groups in total. The molecule has 0 atom stereocenters. The van der Waals surface area contributed by atoms with Crippen molar-refractivity contribution in [3.8, 4) is 5.75 Å². The number of rotatable bonds is 6. The summed E-state index contributed by atoms with van der Waals surface area (Å²) in [6.45, 7) is 14.2. The molecular weight excluding hydrogens is 228 g/mol. The van der Waals surface area contributed by atoms with E-state index in [1.54, 1.807) is 0 Å². The van der Waals surface area contributed by atoms with Gasteiger partial charge in [-0.3, -0.25) is 0 Å². The molecule has 2 heteroatoms. The van der Waals surface area contributed by atoms with Gasteiger partial charge >= 0.3 is 0 Å². The molecule has 0 saturated heterocycles. The fraction of sp³-hybridized carbons (Fsp3) is 0.733. The molecule has 0 radical (unpaired) electrons. The smallest absolute Gasteiger partial charge is 0.137 e. The Morgan fingerprint density at radius 1 is 1.18 bits per heavy atom. The van der Waals surface area contributed by atoms with Crippen molar-refractivity contribution >= 4 is 11.3 Å². The topological polar surface area (TPSA) is 9.23 Å². The van der Waals surface area contributed by atoms with Gasteiger partial charge in [0.25, 0.3) is 0 Å². The molecule has 1 rings (SSSR count). The highest BCUT2D eigenvalue weighted by molar-refractivity contribution is 7.12. The summed E-state index contributed by atoms with van der Waals surface area (Å²) in [7, 11) is 0. The Balaban J connectivity index is 3.22. The highest BCUT2D eigenvalue weighted by atomic mass is 32.1. The quantitative estimate of drug-likeness (QED) is 0.686. The van der Waals surface area contributed by atoms with Gasteiger partial charge in [0.2, 0.25) is 0 Å². The molecule has 0 aliphatic heterocycles. The molecule has 17 heavy (non-hydrogen) atoms. The lowest BCUT2D eigenvalue weighted by atomic mass is 9.85. The summed E-state index contributed by atoms with van der Waals surface area (Å²) in [6.07, 6.45) is 3.51. The lowest BCUT2D eigenvalue weighted by Gasteiger charge is -2.24. The molecule has 0 spiro atoms. The van der Waals surface area contributed by atoms with Crippen molar-refractivity contribution in [2.24, 2.45) is 0 Å². The van der Waals surface area contributed by atoms with Crippen molar-refractivity contribution in [1.82, 2.24) is 0 Å². The van der Waals surface area contributed by atoms with Crippen LogP contribution in [0.15, 0.2) is 0 Å². The number of thiophene rings is 1.